The number of fused-ring (bicyclic) bond motifs is 1. The number of carbonyl (C=O) groups is 2. The van der Waals surface area contributed by atoms with Gasteiger partial charge in [0.25, 0.3) is 0 Å². The Kier molecular flexibility index (Phi) is 4.67. The van der Waals surface area contributed by atoms with Crippen molar-refractivity contribution in [1.82, 2.24) is 0 Å². The third kappa shape index (κ3) is 3.61. The first-order valence-corrected chi connectivity index (χ1v) is 7.87. The fourth-order valence-corrected chi connectivity index (χ4v) is 2.45. The van der Waals surface area contributed by atoms with Crippen molar-refractivity contribution in [2.75, 3.05) is 0 Å². The molecule has 25 heavy (non-hydrogen) atoms. The molecule has 0 bridgehead atoms. The summed E-state index contributed by atoms with van der Waals surface area (Å²) < 4.78 is 10.5. The second kappa shape index (κ2) is 6.91. The molecule has 0 aliphatic carbocycles. The smallest absolute Gasteiger partial charge is 0.375 e. The van der Waals surface area contributed by atoms with E-state index >= 15 is 0 Å². The maximum absolute atomic E-state index is 12.3. The molecule has 1 aromatic heterocycles. The van der Waals surface area contributed by atoms with Crippen molar-refractivity contribution in [3.63, 3.8) is 0 Å². The maximum atomic E-state index is 12.3. The lowest BCUT2D eigenvalue weighted by Crippen LogP contribution is -2.25. The number of ketones is 1. The number of carbonyl (C=O) groups excluding carboxylic acids is 2. The Labute approximate surface area is 147 Å². The highest BCUT2D eigenvalue weighted by Crippen LogP contribution is 2.15. The predicted molar refractivity (Wildman–Crippen MR) is 93.1 cm³/mol. The van der Waals surface area contributed by atoms with Crippen LogP contribution in [0.2, 0.25) is 5.02 Å². The normalized spacial score (nSPS) is 11.9. The number of hydrogen-bond acceptors (Lipinski definition) is 5. The Morgan fingerprint density at radius 3 is 2.48 bits per heavy atom. The molecular weight excluding hydrogens is 344 g/mol. The largest absolute Gasteiger partial charge is 0.449 e. The van der Waals surface area contributed by atoms with Crippen molar-refractivity contribution in [2.45, 2.75) is 13.0 Å². The zero-order chi connectivity index (χ0) is 18.0. The highest BCUT2D eigenvalue weighted by molar-refractivity contribution is 6.30. The van der Waals surface area contributed by atoms with Crippen LogP contribution >= 0.6 is 11.6 Å². The van der Waals surface area contributed by atoms with Gasteiger partial charge in [0.15, 0.2) is 11.5 Å². The van der Waals surface area contributed by atoms with Crippen LogP contribution in [0.3, 0.4) is 0 Å². The monoisotopic (exact) mass is 356 g/mol. The first-order chi connectivity index (χ1) is 12.0. The van der Waals surface area contributed by atoms with Crippen LogP contribution in [-0.4, -0.2) is 17.9 Å². The number of Topliss-reactive ketones (excluding diaryl/α,β-unsaturated/α-hetero) is 1. The highest BCUT2D eigenvalue weighted by atomic mass is 35.5. The Bertz CT molecular complexity index is 1000. The molecule has 0 spiro atoms. The van der Waals surface area contributed by atoms with Gasteiger partial charge in [-0.1, -0.05) is 23.7 Å². The molecule has 0 unspecified atom stereocenters. The van der Waals surface area contributed by atoms with E-state index in [0.717, 1.165) is 6.07 Å². The van der Waals surface area contributed by atoms with Crippen molar-refractivity contribution >= 4 is 34.3 Å². The molecule has 0 radical (unpaired) electrons. The Hall–Kier alpha value is -2.92. The number of halogens is 1. The van der Waals surface area contributed by atoms with Crippen LogP contribution < -0.4 is 5.43 Å². The molecule has 0 fully saturated rings. The van der Waals surface area contributed by atoms with E-state index in [0.29, 0.717) is 16.0 Å². The summed E-state index contributed by atoms with van der Waals surface area (Å²) in [6.07, 6.45) is -1.04. The highest BCUT2D eigenvalue weighted by Gasteiger charge is 2.22. The number of para-hydroxylation sites is 1. The summed E-state index contributed by atoms with van der Waals surface area (Å²) >= 11 is 5.78. The first kappa shape index (κ1) is 16.9. The molecule has 126 valence electrons. The summed E-state index contributed by atoms with van der Waals surface area (Å²) in [5, 5.41) is 0.864. The summed E-state index contributed by atoms with van der Waals surface area (Å²) in [7, 11) is 0. The fourth-order valence-electron chi connectivity index (χ4n) is 2.33. The fraction of sp³-hybridized carbons (Fsp3) is 0.105. The van der Waals surface area contributed by atoms with E-state index in [9.17, 15) is 14.4 Å². The van der Waals surface area contributed by atoms with E-state index in [1.54, 1.807) is 48.5 Å². The van der Waals surface area contributed by atoms with E-state index in [4.69, 9.17) is 20.8 Å². The summed E-state index contributed by atoms with van der Waals surface area (Å²) in [5.41, 5.74) is 0.286. The van der Waals surface area contributed by atoms with Crippen molar-refractivity contribution in [1.29, 1.82) is 0 Å². The van der Waals surface area contributed by atoms with Crippen LogP contribution in [0.1, 0.15) is 27.8 Å². The van der Waals surface area contributed by atoms with E-state index in [-0.39, 0.29) is 22.6 Å². The number of rotatable bonds is 4. The van der Waals surface area contributed by atoms with Crippen molar-refractivity contribution in [2.24, 2.45) is 0 Å². The van der Waals surface area contributed by atoms with Crippen LogP contribution in [0.15, 0.2) is 63.8 Å². The van der Waals surface area contributed by atoms with Crippen LogP contribution in [0.25, 0.3) is 11.0 Å². The SMILES string of the molecule is C[C@@H](OC(=O)c1cc(=O)c2ccccc2o1)C(=O)c1ccc(Cl)cc1. The number of benzene rings is 2. The molecule has 1 heterocycles. The molecule has 5 nitrogen and oxygen atoms in total. The predicted octanol–water partition coefficient (Wildman–Crippen LogP) is 3.87. The lowest BCUT2D eigenvalue weighted by Gasteiger charge is -2.12. The topological polar surface area (TPSA) is 73.6 Å². The molecule has 0 saturated heterocycles. The molecule has 0 aliphatic rings. The molecule has 2 aromatic carbocycles. The minimum atomic E-state index is -1.04. The van der Waals surface area contributed by atoms with Gasteiger partial charge in [-0.3, -0.25) is 9.59 Å². The Morgan fingerprint density at radius 1 is 1.08 bits per heavy atom. The van der Waals surface area contributed by atoms with Gasteiger partial charge in [-0.25, -0.2) is 4.79 Å². The molecule has 0 aliphatic heterocycles. The minimum Gasteiger partial charge on any atom is -0.449 e. The van der Waals surface area contributed by atoms with Gasteiger partial charge in [0, 0.05) is 16.7 Å². The lowest BCUT2D eigenvalue weighted by molar-refractivity contribution is 0.0289. The molecule has 0 amide bonds. The van der Waals surface area contributed by atoms with Crippen LogP contribution in [0.5, 0.6) is 0 Å². The van der Waals surface area contributed by atoms with Crippen LogP contribution in [0.4, 0.5) is 0 Å². The summed E-state index contributed by atoms with van der Waals surface area (Å²) in [6, 6.07) is 13.9. The summed E-state index contributed by atoms with van der Waals surface area (Å²) in [5.74, 6) is -1.51. The van der Waals surface area contributed by atoms with Gasteiger partial charge in [0.05, 0.1) is 5.39 Å². The van der Waals surface area contributed by atoms with E-state index < -0.39 is 12.1 Å². The van der Waals surface area contributed by atoms with Gasteiger partial charge in [-0.05, 0) is 43.3 Å². The van der Waals surface area contributed by atoms with Crippen molar-refractivity contribution < 1.29 is 18.7 Å². The second-order valence-electron chi connectivity index (χ2n) is 5.39. The van der Waals surface area contributed by atoms with Crippen LogP contribution in [-0.2, 0) is 4.74 Å². The molecule has 3 rings (SSSR count). The molecule has 0 saturated carbocycles. The minimum absolute atomic E-state index is 0.251. The average molecular weight is 357 g/mol. The summed E-state index contributed by atoms with van der Waals surface area (Å²) in [6.45, 7) is 1.45. The van der Waals surface area contributed by atoms with E-state index in [1.807, 2.05) is 0 Å². The zero-order valence-corrected chi connectivity index (χ0v) is 13.9. The number of ether oxygens (including phenoxy) is 1. The van der Waals surface area contributed by atoms with Crippen molar-refractivity contribution in [3.8, 4) is 0 Å². The van der Waals surface area contributed by atoms with E-state index in [2.05, 4.69) is 0 Å². The van der Waals surface area contributed by atoms with Gasteiger partial charge in [-0.15, -0.1) is 0 Å². The third-order valence-corrected chi connectivity index (χ3v) is 3.87. The van der Waals surface area contributed by atoms with Gasteiger partial charge in [0.1, 0.15) is 5.58 Å². The standard InChI is InChI=1S/C19H13ClO5/c1-11(18(22)12-6-8-13(20)9-7-12)24-19(23)17-10-15(21)14-4-2-3-5-16(14)25-17/h2-11H,1H3/t11-/m1/s1. The average Bonchev–Trinajstić information content (AvgIpc) is 2.61. The first-order valence-electron chi connectivity index (χ1n) is 7.49. The maximum Gasteiger partial charge on any atom is 0.375 e. The molecule has 6 heteroatoms. The molecular formula is C19H13ClO5. The Morgan fingerprint density at radius 2 is 1.76 bits per heavy atom. The number of hydrogen-bond donors (Lipinski definition) is 0. The van der Waals surface area contributed by atoms with Gasteiger partial charge >= 0.3 is 5.97 Å². The lowest BCUT2D eigenvalue weighted by atomic mass is 10.1. The quantitative estimate of drug-likeness (QED) is 0.524. The zero-order valence-electron chi connectivity index (χ0n) is 13.2. The van der Waals surface area contributed by atoms with E-state index in [1.165, 1.54) is 6.92 Å². The van der Waals surface area contributed by atoms with Crippen LogP contribution in [0, 0.1) is 0 Å². The second-order valence-corrected chi connectivity index (χ2v) is 5.83. The summed E-state index contributed by atoms with van der Waals surface area (Å²) in [4.78, 5) is 36.5. The van der Waals surface area contributed by atoms with Gasteiger partial charge in [-0.2, -0.15) is 0 Å². The molecule has 0 N–H and O–H groups in total. The van der Waals surface area contributed by atoms with Gasteiger partial charge in [0.2, 0.25) is 11.5 Å². The molecule has 3 aromatic rings. The Balaban J connectivity index is 1.81. The van der Waals surface area contributed by atoms with Crippen molar-refractivity contribution in [3.05, 3.63) is 81.2 Å². The third-order valence-electron chi connectivity index (χ3n) is 3.62. The van der Waals surface area contributed by atoms with Gasteiger partial charge < -0.3 is 9.15 Å². The molecule has 1 atom stereocenters. The number of esters is 1.